The van der Waals surface area contributed by atoms with Crippen LogP contribution in [-0.2, 0) is 0 Å². The van der Waals surface area contributed by atoms with Crippen LogP contribution >= 0.6 is 23.4 Å². The number of aryl methyl sites for hydroxylation is 1. The Morgan fingerprint density at radius 2 is 2.06 bits per heavy atom. The first-order valence-electron chi connectivity index (χ1n) is 5.00. The maximum Gasteiger partial charge on any atom is 0.160 e. The smallest absolute Gasteiger partial charge is 0.160 e. The van der Waals surface area contributed by atoms with E-state index in [1.165, 1.54) is 0 Å². The van der Waals surface area contributed by atoms with E-state index in [9.17, 15) is 4.79 Å². The zero-order chi connectivity index (χ0) is 12.3. The van der Waals surface area contributed by atoms with Gasteiger partial charge in [-0.25, -0.2) is 0 Å². The molecule has 0 spiro atoms. The van der Waals surface area contributed by atoms with Crippen molar-refractivity contribution in [2.24, 2.45) is 0 Å². The van der Waals surface area contributed by atoms with Gasteiger partial charge >= 0.3 is 0 Å². The summed E-state index contributed by atoms with van der Waals surface area (Å²) in [6.07, 6.45) is 0. The van der Waals surface area contributed by atoms with Crippen LogP contribution in [-0.4, -0.2) is 11.5 Å². The molecule has 0 saturated heterocycles. The lowest BCUT2D eigenvalue weighted by Crippen LogP contribution is -1.97. The van der Waals surface area contributed by atoms with Gasteiger partial charge in [0.1, 0.15) is 0 Å². The molecule has 0 aliphatic rings. The van der Waals surface area contributed by atoms with Crippen molar-refractivity contribution in [2.45, 2.75) is 25.7 Å². The summed E-state index contributed by atoms with van der Waals surface area (Å²) in [6.45, 7) is 9.30. The molecule has 0 heterocycles. The summed E-state index contributed by atoms with van der Waals surface area (Å²) in [5.74, 6) is 0.878. The zero-order valence-electron chi connectivity index (χ0n) is 9.76. The summed E-state index contributed by atoms with van der Waals surface area (Å²) in [5, 5.41) is 0.703. The fraction of sp³-hybridized carbons (Fsp3) is 0.308. The molecule has 1 aromatic rings. The fourth-order valence-electron chi connectivity index (χ4n) is 1.26. The van der Waals surface area contributed by atoms with E-state index in [0.717, 1.165) is 27.3 Å². The van der Waals surface area contributed by atoms with E-state index in [2.05, 4.69) is 6.58 Å². The molecular weight excluding hydrogens is 240 g/mol. The Bertz CT molecular complexity index is 438. The predicted molar refractivity (Wildman–Crippen MR) is 71.7 cm³/mol. The Morgan fingerprint density at radius 1 is 1.44 bits per heavy atom. The lowest BCUT2D eigenvalue weighted by Gasteiger charge is -2.09. The van der Waals surface area contributed by atoms with Crippen LogP contribution in [0.4, 0.5) is 0 Å². The highest BCUT2D eigenvalue weighted by Crippen LogP contribution is 2.30. The van der Waals surface area contributed by atoms with Crippen molar-refractivity contribution in [3.63, 3.8) is 0 Å². The molecule has 0 bridgehead atoms. The van der Waals surface area contributed by atoms with E-state index in [0.29, 0.717) is 5.02 Å². The minimum Gasteiger partial charge on any atom is -0.294 e. The molecule has 0 atom stereocenters. The molecule has 0 saturated carbocycles. The SMILES string of the molecule is C=C(C)CSc1cc(Cl)c(C)cc1C(C)=O. The summed E-state index contributed by atoms with van der Waals surface area (Å²) in [6, 6.07) is 3.71. The first kappa shape index (κ1) is 13.3. The van der Waals surface area contributed by atoms with Crippen molar-refractivity contribution in [3.05, 3.63) is 40.4 Å². The second-order valence-electron chi connectivity index (χ2n) is 3.90. The van der Waals surface area contributed by atoms with Crippen molar-refractivity contribution < 1.29 is 4.79 Å². The van der Waals surface area contributed by atoms with Gasteiger partial charge in [-0.2, -0.15) is 0 Å². The van der Waals surface area contributed by atoms with Crippen molar-refractivity contribution in [1.82, 2.24) is 0 Å². The van der Waals surface area contributed by atoms with Crippen LogP contribution < -0.4 is 0 Å². The molecule has 0 aliphatic carbocycles. The topological polar surface area (TPSA) is 17.1 Å². The Morgan fingerprint density at radius 3 is 2.56 bits per heavy atom. The number of hydrogen-bond donors (Lipinski definition) is 0. The average molecular weight is 255 g/mol. The normalized spacial score (nSPS) is 10.2. The zero-order valence-corrected chi connectivity index (χ0v) is 11.3. The number of rotatable bonds is 4. The lowest BCUT2D eigenvalue weighted by atomic mass is 10.1. The third-order valence-electron chi connectivity index (χ3n) is 2.11. The molecule has 0 aromatic heterocycles. The Balaban J connectivity index is 3.09. The van der Waals surface area contributed by atoms with Crippen molar-refractivity contribution >= 4 is 29.1 Å². The van der Waals surface area contributed by atoms with Gasteiger partial charge in [0.05, 0.1) is 0 Å². The number of Topliss-reactive ketones (excluding diaryl/α,β-unsaturated/α-hetero) is 1. The van der Waals surface area contributed by atoms with Crippen LogP contribution in [0.1, 0.15) is 29.8 Å². The van der Waals surface area contributed by atoms with Gasteiger partial charge in [0.2, 0.25) is 0 Å². The average Bonchev–Trinajstić information content (AvgIpc) is 2.18. The third-order valence-corrected chi connectivity index (χ3v) is 3.81. The molecule has 3 heteroatoms. The molecular formula is C13H15ClOS. The minimum atomic E-state index is 0.0731. The summed E-state index contributed by atoms with van der Waals surface area (Å²) < 4.78 is 0. The number of hydrogen-bond acceptors (Lipinski definition) is 2. The number of ketones is 1. The lowest BCUT2D eigenvalue weighted by molar-refractivity contribution is 0.101. The molecule has 0 aliphatic heterocycles. The molecule has 1 rings (SSSR count). The Hall–Kier alpha value is -0.730. The minimum absolute atomic E-state index is 0.0731. The Labute approximate surface area is 106 Å². The van der Waals surface area contributed by atoms with Gasteiger partial charge < -0.3 is 0 Å². The van der Waals surface area contributed by atoms with Crippen molar-refractivity contribution in [1.29, 1.82) is 0 Å². The summed E-state index contributed by atoms with van der Waals surface area (Å²) in [7, 11) is 0. The van der Waals surface area contributed by atoms with E-state index in [4.69, 9.17) is 11.6 Å². The van der Waals surface area contributed by atoms with Crippen molar-refractivity contribution in [2.75, 3.05) is 5.75 Å². The monoisotopic (exact) mass is 254 g/mol. The largest absolute Gasteiger partial charge is 0.294 e. The summed E-state index contributed by atoms with van der Waals surface area (Å²) in [4.78, 5) is 12.4. The van der Waals surface area contributed by atoms with E-state index in [-0.39, 0.29) is 5.78 Å². The van der Waals surface area contributed by atoms with Gasteiger partial charge in [-0.05, 0) is 38.5 Å². The molecule has 16 heavy (non-hydrogen) atoms. The third kappa shape index (κ3) is 3.39. The summed E-state index contributed by atoms with van der Waals surface area (Å²) in [5.41, 5.74) is 2.76. The van der Waals surface area contributed by atoms with E-state index >= 15 is 0 Å². The van der Waals surface area contributed by atoms with E-state index in [1.807, 2.05) is 26.0 Å². The van der Waals surface area contributed by atoms with Crippen molar-refractivity contribution in [3.8, 4) is 0 Å². The standard InChI is InChI=1S/C13H15ClOS/c1-8(2)7-16-13-6-12(14)9(3)5-11(13)10(4)15/h5-6H,1,7H2,2-4H3. The molecule has 1 nitrogen and oxygen atoms in total. The molecule has 0 unspecified atom stereocenters. The quantitative estimate of drug-likeness (QED) is 0.446. The van der Waals surface area contributed by atoms with E-state index in [1.54, 1.807) is 18.7 Å². The van der Waals surface area contributed by atoms with Gasteiger partial charge in [-0.3, -0.25) is 4.79 Å². The second kappa shape index (κ2) is 5.55. The highest BCUT2D eigenvalue weighted by Gasteiger charge is 2.10. The van der Waals surface area contributed by atoms with Gasteiger partial charge in [0, 0.05) is 21.2 Å². The molecule has 0 amide bonds. The highest BCUT2D eigenvalue weighted by molar-refractivity contribution is 7.99. The molecule has 0 radical (unpaired) electrons. The fourth-order valence-corrected chi connectivity index (χ4v) is 2.45. The van der Waals surface area contributed by atoms with Crippen LogP contribution in [0.3, 0.4) is 0 Å². The molecule has 86 valence electrons. The maximum atomic E-state index is 11.5. The van der Waals surface area contributed by atoms with Gasteiger partial charge in [0.25, 0.3) is 0 Å². The van der Waals surface area contributed by atoms with Crippen LogP contribution in [0.5, 0.6) is 0 Å². The van der Waals surface area contributed by atoms with Crippen LogP contribution in [0.25, 0.3) is 0 Å². The number of benzene rings is 1. The van der Waals surface area contributed by atoms with Crippen LogP contribution in [0.2, 0.25) is 5.02 Å². The van der Waals surface area contributed by atoms with Crippen LogP contribution in [0, 0.1) is 6.92 Å². The molecule has 1 aromatic carbocycles. The Kier molecular flexibility index (Phi) is 4.63. The molecule has 0 N–H and O–H groups in total. The van der Waals surface area contributed by atoms with E-state index < -0.39 is 0 Å². The number of halogens is 1. The predicted octanol–water partition coefficient (Wildman–Crippen LogP) is 4.52. The summed E-state index contributed by atoms with van der Waals surface area (Å²) >= 11 is 7.66. The number of carbonyl (C=O) groups excluding carboxylic acids is 1. The van der Waals surface area contributed by atoms with Gasteiger partial charge in [0.15, 0.2) is 5.78 Å². The maximum absolute atomic E-state index is 11.5. The number of thioether (sulfide) groups is 1. The number of carbonyl (C=O) groups is 1. The second-order valence-corrected chi connectivity index (χ2v) is 5.32. The first-order valence-corrected chi connectivity index (χ1v) is 6.36. The van der Waals surface area contributed by atoms with Gasteiger partial charge in [-0.15, -0.1) is 11.8 Å². The van der Waals surface area contributed by atoms with Crippen LogP contribution in [0.15, 0.2) is 29.2 Å². The molecule has 0 fully saturated rings. The highest BCUT2D eigenvalue weighted by atomic mass is 35.5. The van der Waals surface area contributed by atoms with Gasteiger partial charge in [-0.1, -0.05) is 23.8 Å². The first-order chi connectivity index (χ1) is 7.41.